The molecule has 44 heavy (non-hydrogen) atoms. The molecule has 0 radical (unpaired) electrons. The van der Waals surface area contributed by atoms with Crippen LogP contribution >= 0.6 is 11.8 Å². The quantitative estimate of drug-likeness (QED) is 0.118. The monoisotopic (exact) mass is 605 g/mol. The van der Waals surface area contributed by atoms with Gasteiger partial charge in [-0.1, -0.05) is 81.4 Å². The summed E-state index contributed by atoms with van der Waals surface area (Å²) in [4.78, 5) is 40.6. The van der Waals surface area contributed by atoms with Gasteiger partial charge in [-0.15, -0.1) is 11.8 Å². The predicted molar refractivity (Wildman–Crippen MR) is 182 cm³/mol. The van der Waals surface area contributed by atoms with Crippen LogP contribution in [-0.4, -0.2) is 23.0 Å². The molecule has 0 spiro atoms. The van der Waals surface area contributed by atoms with Gasteiger partial charge in [-0.3, -0.25) is 14.4 Å². The van der Waals surface area contributed by atoms with Crippen LogP contribution < -0.4 is 16.0 Å². The third kappa shape index (κ3) is 8.71. The van der Waals surface area contributed by atoms with Crippen LogP contribution in [-0.2, 0) is 9.59 Å². The molecule has 3 N–H and O–H groups in total. The molecule has 0 saturated heterocycles. The highest BCUT2D eigenvalue weighted by Gasteiger charge is 2.20. The van der Waals surface area contributed by atoms with Crippen LogP contribution in [0.25, 0.3) is 6.08 Å². The van der Waals surface area contributed by atoms with Crippen molar-refractivity contribution in [1.29, 1.82) is 0 Å². The highest BCUT2D eigenvalue weighted by molar-refractivity contribution is 8.00. The number of aryl methyl sites for hydroxylation is 1. The van der Waals surface area contributed by atoms with Crippen molar-refractivity contribution in [2.75, 3.05) is 10.6 Å². The molecule has 0 saturated carbocycles. The number of hydrogen-bond acceptors (Lipinski definition) is 4. The van der Waals surface area contributed by atoms with E-state index in [4.69, 9.17) is 0 Å². The van der Waals surface area contributed by atoms with E-state index in [1.807, 2.05) is 87.5 Å². The second-order valence-electron chi connectivity index (χ2n) is 10.9. The molecular formula is C37H39N3O3S. The summed E-state index contributed by atoms with van der Waals surface area (Å²) in [5.74, 6) is -0.526. The van der Waals surface area contributed by atoms with Crippen molar-refractivity contribution in [1.82, 2.24) is 5.32 Å². The normalized spacial score (nSPS) is 12.0. The fourth-order valence-electron chi connectivity index (χ4n) is 4.52. The number of carbonyl (C=O) groups excluding carboxylic acids is 3. The van der Waals surface area contributed by atoms with Crippen LogP contribution in [0, 0.1) is 13.8 Å². The second kappa shape index (κ2) is 15.2. The van der Waals surface area contributed by atoms with Gasteiger partial charge in [0.2, 0.25) is 5.91 Å². The van der Waals surface area contributed by atoms with Crippen LogP contribution in [0.2, 0.25) is 0 Å². The number of anilines is 2. The Hall–Kier alpha value is -4.62. The van der Waals surface area contributed by atoms with Crippen molar-refractivity contribution < 1.29 is 14.4 Å². The molecule has 0 aliphatic rings. The van der Waals surface area contributed by atoms with E-state index in [9.17, 15) is 14.4 Å². The molecule has 0 heterocycles. The maximum absolute atomic E-state index is 13.6. The third-order valence-electron chi connectivity index (χ3n) is 7.34. The van der Waals surface area contributed by atoms with E-state index < -0.39 is 5.91 Å². The first kappa shape index (κ1) is 32.3. The average molecular weight is 606 g/mol. The smallest absolute Gasteiger partial charge is 0.272 e. The molecule has 4 rings (SSSR count). The summed E-state index contributed by atoms with van der Waals surface area (Å²) in [6, 6.07) is 29.9. The molecule has 1 unspecified atom stereocenters. The van der Waals surface area contributed by atoms with E-state index in [0.717, 1.165) is 27.3 Å². The second-order valence-corrected chi connectivity index (χ2v) is 12.2. The molecule has 4 aromatic carbocycles. The van der Waals surface area contributed by atoms with E-state index in [-0.39, 0.29) is 22.8 Å². The van der Waals surface area contributed by atoms with Crippen molar-refractivity contribution >= 4 is 46.9 Å². The molecule has 3 amide bonds. The molecule has 1 atom stereocenters. The molecule has 0 aliphatic carbocycles. The van der Waals surface area contributed by atoms with Crippen molar-refractivity contribution in [3.8, 4) is 0 Å². The van der Waals surface area contributed by atoms with Gasteiger partial charge in [0.25, 0.3) is 11.8 Å². The Bertz CT molecular complexity index is 1650. The van der Waals surface area contributed by atoms with Crippen molar-refractivity contribution in [3.63, 3.8) is 0 Å². The number of hydrogen-bond donors (Lipinski definition) is 3. The summed E-state index contributed by atoms with van der Waals surface area (Å²) in [5.41, 5.74) is 6.07. The van der Waals surface area contributed by atoms with Crippen LogP contribution in [0.3, 0.4) is 0 Å². The summed E-state index contributed by atoms with van der Waals surface area (Å²) in [6.07, 6.45) is 2.30. The number of carbonyl (C=O) groups is 3. The van der Waals surface area contributed by atoms with Gasteiger partial charge in [0.05, 0.1) is 5.25 Å². The van der Waals surface area contributed by atoms with E-state index in [0.29, 0.717) is 23.6 Å². The van der Waals surface area contributed by atoms with E-state index in [2.05, 4.69) is 29.8 Å². The van der Waals surface area contributed by atoms with Crippen molar-refractivity contribution in [2.45, 2.75) is 57.1 Å². The zero-order chi connectivity index (χ0) is 31.6. The Morgan fingerprint density at radius 1 is 0.818 bits per heavy atom. The van der Waals surface area contributed by atoms with E-state index in [1.165, 1.54) is 17.3 Å². The van der Waals surface area contributed by atoms with Gasteiger partial charge in [-0.05, 0) is 90.9 Å². The zero-order valence-electron chi connectivity index (χ0n) is 25.8. The Kier molecular flexibility index (Phi) is 11.2. The van der Waals surface area contributed by atoms with Gasteiger partial charge in [-0.2, -0.15) is 0 Å². The zero-order valence-corrected chi connectivity index (χ0v) is 26.6. The lowest BCUT2D eigenvalue weighted by Crippen LogP contribution is -2.30. The highest BCUT2D eigenvalue weighted by Crippen LogP contribution is 2.29. The number of rotatable bonds is 11. The van der Waals surface area contributed by atoms with Gasteiger partial charge in [-0.25, -0.2) is 0 Å². The Morgan fingerprint density at radius 2 is 1.52 bits per heavy atom. The van der Waals surface area contributed by atoms with Crippen molar-refractivity contribution in [2.24, 2.45) is 0 Å². The first-order valence-electron chi connectivity index (χ1n) is 14.8. The number of thioether (sulfide) groups is 1. The van der Waals surface area contributed by atoms with Crippen LogP contribution in [0.5, 0.6) is 0 Å². The maximum atomic E-state index is 13.6. The van der Waals surface area contributed by atoms with Gasteiger partial charge < -0.3 is 16.0 Å². The van der Waals surface area contributed by atoms with Gasteiger partial charge in [0.1, 0.15) is 5.70 Å². The molecule has 0 aliphatic heterocycles. The Balaban J connectivity index is 1.52. The van der Waals surface area contributed by atoms with Crippen LogP contribution in [0.4, 0.5) is 11.4 Å². The standard InChI is InChI=1S/C37H39N3O3S/c1-6-34(37(43)39-32-17-10-12-25(4)26(32)5)44-31-16-11-15-30(23-31)38-36(42)33(40-35(41)29-13-8-7-9-14-29)22-27-18-20-28(21-19-27)24(2)3/h7-24,34H,6H2,1-5H3,(H,38,42)(H,39,43)(H,40,41)/b33-22+. The van der Waals surface area contributed by atoms with E-state index in [1.54, 1.807) is 36.4 Å². The minimum absolute atomic E-state index is 0.0713. The highest BCUT2D eigenvalue weighted by atomic mass is 32.2. The topological polar surface area (TPSA) is 87.3 Å². The first-order valence-corrected chi connectivity index (χ1v) is 15.7. The minimum Gasteiger partial charge on any atom is -0.325 e. The molecule has 4 aromatic rings. The number of amides is 3. The largest absolute Gasteiger partial charge is 0.325 e. The summed E-state index contributed by atoms with van der Waals surface area (Å²) >= 11 is 1.44. The minimum atomic E-state index is -0.455. The maximum Gasteiger partial charge on any atom is 0.272 e. The lowest BCUT2D eigenvalue weighted by Gasteiger charge is -2.17. The van der Waals surface area contributed by atoms with Crippen LogP contribution in [0.15, 0.2) is 108 Å². The molecule has 0 fully saturated rings. The third-order valence-corrected chi connectivity index (χ3v) is 8.70. The van der Waals surface area contributed by atoms with Gasteiger partial charge in [0, 0.05) is 21.8 Å². The van der Waals surface area contributed by atoms with Gasteiger partial charge in [0.15, 0.2) is 0 Å². The fourth-order valence-corrected chi connectivity index (χ4v) is 5.53. The molecule has 226 valence electrons. The van der Waals surface area contributed by atoms with Crippen molar-refractivity contribution in [3.05, 3.63) is 131 Å². The lowest BCUT2D eigenvalue weighted by atomic mass is 10.0. The Morgan fingerprint density at radius 3 is 2.20 bits per heavy atom. The molecule has 6 nitrogen and oxygen atoms in total. The average Bonchev–Trinajstić information content (AvgIpc) is 3.02. The Labute approximate surface area is 264 Å². The molecule has 0 aromatic heterocycles. The SMILES string of the molecule is CCC(Sc1cccc(NC(=O)/C(=C\c2ccc(C(C)C)cc2)NC(=O)c2ccccc2)c1)C(=O)Nc1cccc(C)c1C. The van der Waals surface area contributed by atoms with E-state index >= 15 is 0 Å². The summed E-state index contributed by atoms with van der Waals surface area (Å²) in [7, 11) is 0. The summed E-state index contributed by atoms with van der Waals surface area (Å²) in [5, 5.41) is 8.47. The summed E-state index contributed by atoms with van der Waals surface area (Å²) < 4.78 is 0. The van der Waals surface area contributed by atoms with Crippen LogP contribution in [0.1, 0.15) is 65.7 Å². The summed E-state index contributed by atoms with van der Waals surface area (Å²) in [6.45, 7) is 10.2. The molecular weight excluding hydrogens is 566 g/mol. The van der Waals surface area contributed by atoms with Gasteiger partial charge >= 0.3 is 0 Å². The molecule has 7 heteroatoms. The fraction of sp³-hybridized carbons (Fsp3) is 0.216. The number of nitrogens with one attached hydrogen (secondary N) is 3. The lowest BCUT2D eigenvalue weighted by molar-refractivity contribution is -0.116. The predicted octanol–water partition coefficient (Wildman–Crippen LogP) is 8.35. The first-order chi connectivity index (χ1) is 21.1. The number of benzene rings is 4. The molecule has 0 bridgehead atoms.